The third-order valence-electron chi connectivity index (χ3n) is 3.95. The lowest BCUT2D eigenvalue weighted by Gasteiger charge is -2.18. The zero-order valence-corrected chi connectivity index (χ0v) is 12.6. The van der Waals surface area contributed by atoms with Gasteiger partial charge in [-0.05, 0) is 24.5 Å². The molecule has 0 unspecified atom stereocenters. The predicted molar refractivity (Wildman–Crippen MR) is 88.4 cm³/mol. The Balaban J connectivity index is 1.55. The number of rotatable bonds is 5. The molecular weight excluding hydrogens is 296 g/mol. The van der Waals surface area contributed by atoms with Crippen LogP contribution < -0.4 is 16.0 Å². The van der Waals surface area contributed by atoms with Crippen LogP contribution in [0.2, 0.25) is 0 Å². The van der Waals surface area contributed by atoms with E-state index in [0.29, 0.717) is 18.4 Å². The van der Waals surface area contributed by atoms with Crippen molar-refractivity contribution in [1.82, 2.24) is 9.97 Å². The molecule has 1 atom stereocenters. The lowest BCUT2D eigenvalue weighted by molar-refractivity contribution is -0.384. The second kappa shape index (κ2) is 6.47. The van der Waals surface area contributed by atoms with Crippen molar-refractivity contribution in [2.75, 3.05) is 35.6 Å². The summed E-state index contributed by atoms with van der Waals surface area (Å²) in [5, 5.41) is 13.8. The fourth-order valence-corrected chi connectivity index (χ4v) is 2.72. The molecule has 0 amide bonds. The lowest BCUT2D eigenvalue weighted by atomic mass is 10.1. The number of nitrogens with zero attached hydrogens (tertiary/aromatic N) is 4. The molecule has 1 aliphatic rings. The molecule has 0 aliphatic carbocycles. The minimum absolute atomic E-state index is 0.121. The summed E-state index contributed by atoms with van der Waals surface area (Å²) >= 11 is 0. The van der Waals surface area contributed by atoms with E-state index < -0.39 is 4.92 Å². The quantitative estimate of drug-likeness (QED) is 0.640. The smallest absolute Gasteiger partial charge is 0.329 e. The van der Waals surface area contributed by atoms with Gasteiger partial charge in [-0.3, -0.25) is 10.1 Å². The van der Waals surface area contributed by atoms with Gasteiger partial charge < -0.3 is 16.0 Å². The first-order chi connectivity index (χ1) is 11.1. The van der Waals surface area contributed by atoms with E-state index in [1.54, 1.807) is 0 Å². The van der Waals surface area contributed by atoms with Gasteiger partial charge in [0.05, 0.1) is 4.92 Å². The lowest BCUT2D eigenvalue weighted by Crippen LogP contribution is -2.22. The summed E-state index contributed by atoms with van der Waals surface area (Å²) in [6, 6.07) is 10.3. The van der Waals surface area contributed by atoms with Crippen LogP contribution in [-0.4, -0.2) is 34.5 Å². The molecule has 3 rings (SSSR count). The van der Waals surface area contributed by atoms with Crippen molar-refractivity contribution in [3.8, 4) is 0 Å². The number of nitrogens with two attached hydrogens (primary N) is 1. The standard InChI is InChI=1S/C15H18N6O2/c16-14-13(21(22)23)9-18-15(19-14)17-8-11-6-7-20(10-11)12-4-2-1-3-5-12/h1-5,9,11H,6-8,10H2,(H3,16,17,18,19)/t11-/m0/s1. The van der Waals surface area contributed by atoms with E-state index >= 15 is 0 Å². The van der Waals surface area contributed by atoms with Crippen LogP contribution in [-0.2, 0) is 0 Å². The Morgan fingerprint density at radius 2 is 2.17 bits per heavy atom. The van der Waals surface area contributed by atoms with E-state index in [1.807, 2.05) is 18.2 Å². The van der Waals surface area contributed by atoms with E-state index in [-0.39, 0.29) is 11.5 Å². The molecule has 1 aromatic heterocycles. The molecule has 0 bridgehead atoms. The first-order valence-electron chi connectivity index (χ1n) is 7.44. The van der Waals surface area contributed by atoms with Crippen LogP contribution in [0.25, 0.3) is 0 Å². The van der Waals surface area contributed by atoms with Crippen LogP contribution in [0.4, 0.5) is 23.1 Å². The number of anilines is 3. The molecule has 0 saturated carbocycles. The highest BCUT2D eigenvalue weighted by atomic mass is 16.6. The van der Waals surface area contributed by atoms with Gasteiger partial charge in [-0.1, -0.05) is 18.2 Å². The summed E-state index contributed by atoms with van der Waals surface area (Å²) in [6.07, 6.45) is 2.21. The third kappa shape index (κ3) is 3.47. The van der Waals surface area contributed by atoms with Gasteiger partial charge in [-0.25, -0.2) is 4.98 Å². The second-order valence-corrected chi connectivity index (χ2v) is 5.54. The number of aromatic nitrogens is 2. The summed E-state index contributed by atoms with van der Waals surface area (Å²) in [5.74, 6) is 0.673. The van der Waals surface area contributed by atoms with Gasteiger partial charge >= 0.3 is 5.69 Å². The highest BCUT2D eigenvalue weighted by Gasteiger charge is 2.23. The van der Waals surface area contributed by atoms with Crippen molar-refractivity contribution in [2.24, 2.45) is 5.92 Å². The van der Waals surface area contributed by atoms with Crippen LogP contribution in [0.1, 0.15) is 6.42 Å². The molecule has 3 N–H and O–H groups in total. The number of hydrogen-bond acceptors (Lipinski definition) is 7. The van der Waals surface area contributed by atoms with Gasteiger partial charge in [-0.15, -0.1) is 0 Å². The second-order valence-electron chi connectivity index (χ2n) is 5.54. The molecule has 1 fully saturated rings. The number of nitrogens with one attached hydrogen (secondary N) is 1. The average molecular weight is 314 g/mol. The van der Waals surface area contributed by atoms with E-state index in [0.717, 1.165) is 25.7 Å². The Morgan fingerprint density at radius 1 is 1.39 bits per heavy atom. The van der Waals surface area contributed by atoms with Crippen LogP contribution >= 0.6 is 0 Å². The van der Waals surface area contributed by atoms with Gasteiger partial charge in [0.25, 0.3) is 0 Å². The van der Waals surface area contributed by atoms with Crippen molar-refractivity contribution in [1.29, 1.82) is 0 Å². The highest BCUT2D eigenvalue weighted by Crippen LogP contribution is 2.24. The summed E-state index contributed by atoms with van der Waals surface area (Å²) in [4.78, 5) is 20.3. The number of para-hydroxylation sites is 1. The van der Waals surface area contributed by atoms with Crippen LogP contribution in [0.15, 0.2) is 36.5 Å². The van der Waals surface area contributed by atoms with Crippen molar-refractivity contribution in [3.05, 3.63) is 46.6 Å². The summed E-state index contributed by atoms with van der Waals surface area (Å²) in [6.45, 7) is 2.68. The van der Waals surface area contributed by atoms with Crippen molar-refractivity contribution < 1.29 is 4.92 Å². The predicted octanol–water partition coefficient (Wildman–Crippen LogP) is 1.91. The monoisotopic (exact) mass is 314 g/mol. The van der Waals surface area contributed by atoms with E-state index in [1.165, 1.54) is 5.69 Å². The molecule has 1 aliphatic heterocycles. The molecule has 0 spiro atoms. The Labute approximate surface area is 133 Å². The van der Waals surface area contributed by atoms with Crippen molar-refractivity contribution in [2.45, 2.75) is 6.42 Å². The fourth-order valence-electron chi connectivity index (χ4n) is 2.72. The Hall–Kier alpha value is -2.90. The Kier molecular flexibility index (Phi) is 4.22. The highest BCUT2D eigenvalue weighted by molar-refractivity contribution is 5.53. The van der Waals surface area contributed by atoms with Crippen LogP contribution in [0.5, 0.6) is 0 Å². The number of nitro groups is 1. The molecule has 2 aromatic rings. The Morgan fingerprint density at radius 3 is 2.87 bits per heavy atom. The summed E-state index contributed by atoms with van der Waals surface area (Å²) < 4.78 is 0. The first kappa shape index (κ1) is 15.0. The number of nitrogen functional groups attached to an aromatic ring is 1. The molecule has 1 saturated heterocycles. The van der Waals surface area contributed by atoms with Gasteiger partial charge in [0.15, 0.2) is 0 Å². The zero-order valence-electron chi connectivity index (χ0n) is 12.6. The molecule has 2 heterocycles. The normalized spacial score (nSPS) is 17.2. The summed E-state index contributed by atoms with van der Waals surface area (Å²) in [5.41, 5.74) is 6.52. The van der Waals surface area contributed by atoms with Crippen LogP contribution in [0.3, 0.4) is 0 Å². The van der Waals surface area contributed by atoms with E-state index in [9.17, 15) is 10.1 Å². The third-order valence-corrected chi connectivity index (χ3v) is 3.95. The van der Waals surface area contributed by atoms with E-state index in [4.69, 9.17) is 5.73 Å². The average Bonchev–Trinajstić information content (AvgIpc) is 3.02. The molecule has 1 aromatic carbocycles. The number of hydrogen-bond donors (Lipinski definition) is 2. The molecule has 0 radical (unpaired) electrons. The summed E-state index contributed by atoms with van der Waals surface area (Å²) in [7, 11) is 0. The molecule has 120 valence electrons. The van der Waals surface area contributed by atoms with Gasteiger partial charge in [-0.2, -0.15) is 4.98 Å². The maximum Gasteiger partial charge on any atom is 0.329 e. The fraction of sp³-hybridized carbons (Fsp3) is 0.333. The van der Waals surface area contributed by atoms with Gasteiger partial charge in [0.1, 0.15) is 6.20 Å². The first-order valence-corrected chi connectivity index (χ1v) is 7.44. The van der Waals surface area contributed by atoms with Crippen LogP contribution in [0, 0.1) is 16.0 Å². The SMILES string of the molecule is Nc1nc(NC[C@@H]2CCN(c3ccccc3)C2)ncc1[N+](=O)[O-]. The molecule has 8 nitrogen and oxygen atoms in total. The topological polar surface area (TPSA) is 110 Å². The number of benzene rings is 1. The minimum atomic E-state index is -0.589. The maximum atomic E-state index is 10.7. The zero-order chi connectivity index (χ0) is 16.2. The maximum absolute atomic E-state index is 10.7. The van der Waals surface area contributed by atoms with E-state index in [2.05, 4.69) is 32.3 Å². The molecule has 23 heavy (non-hydrogen) atoms. The molecular formula is C15H18N6O2. The minimum Gasteiger partial charge on any atom is -0.378 e. The Bertz CT molecular complexity index is 694. The molecule has 8 heteroatoms. The van der Waals surface area contributed by atoms with Gasteiger partial charge in [0, 0.05) is 25.3 Å². The van der Waals surface area contributed by atoms with Gasteiger partial charge in [0.2, 0.25) is 11.8 Å². The van der Waals surface area contributed by atoms with Crippen molar-refractivity contribution in [3.63, 3.8) is 0 Å². The largest absolute Gasteiger partial charge is 0.378 e. The van der Waals surface area contributed by atoms with Crippen molar-refractivity contribution >= 4 is 23.1 Å².